The van der Waals surface area contributed by atoms with E-state index in [1.165, 1.54) is 24.4 Å². The van der Waals surface area contributed by atoms with E-state index in [9.17, 15) is 23.2 Å². The summed E-state index contributed by atoms with van der Waals surface area (Å²) in [7, 11) is 0. The number of piperidine rings is 1. The molecule has 0 radical (unpaired) electrons. The average molecular weight is 573 g/mol. The molecule has 0 bridgehead atoms. The van der Waals surface area contributed by atoms with Crippen molar-refractivity contribution in [2.75, 3.05) is 50.3 Å². The molecule has 40 heavy (non-hydrogen) atoms. The largest absolute Gasteiger partial charge is 0.381 e. The number of nitrogens with two attached hydrogens (primary N) is 1. The number of H-pyrrole nitrogens is 1. The first-order valence-electron chi connectivity index (χ1n) is 12.8. The second-order valence-corrected chi connectivity index (χ2v) is 10.0. The van der Waals surface area contributed by atoms with Gasteiger partial charge in [-0.15, -0.1) is 0 Å². The lowest BCUT2D eigenvalue weighted by molar-refractivity contribution is -0.137. The molecule has 5 rings (SSSR count). The van der Waals surface area contributed by atoms with E-state index >= 15 is 0 Å². The highest BCUT2D eigenvalue weighted by Crippen LogP contribution is 2.26. The predicted octanol–water partition coefficient (Wildman–Crippen LogP) is 2.52. The maximum absolute atomic E-state index is 14.1. The number of nitrogens with one attached hydrogen (secondary N) is 3. The zero-order valence-electron chi connectivity index (χ0n) is 21.3. The van der Waals surface area contributed by atoms with Gasteiger partial charge in [-0.3, -0.25) is 14.4 Å². The number of hydrogen-bond donors (Lipinski definition) is 4. The number of carbonyl (C=O) groups excluding carboxylic acids is 3. The Hall–Kier alpha value is -4.10. The molecule has 2 saturated heterocycles. The van der Waals surface area contributed by atoms with E-state index in [0.29, 0.717) is 31.9 Å². The topological polar surface area (TPSA) is 149 Å². The Kier molecular flexibility index (Phi) is 7.94. The lowest BCUT2D eigenvalue weighted by atomic mass is 9.96. The normalized spacial score (nSPS) is 16.2. The van der Waals surface area contributed by atoms with Gasteiger partial charge in [0.15, 0.2) is 17.5 Å². The summed E-state index contributed by atoms with van der Waals surface area (Å²) in [6, 6.07) is 5.33. The van der Waals surface area contributed by atoms with Crippen LogP contribution in [0.15, 0.2) is 30.5 Å². The molecule has 2 aliphatic rings. The summed E-state index contributed by atoms with van der Waals surface area (Å²) >= 11 is 6.40. The van der Waals surface area contributed by atoms with Crippen LogP contribution in [0, 0.1) is 17.7 Å². The van der Waals surface area contributed by atoms with Gasteiger partial charge < -0.3 is 31.2 Å². The second-order valence-electron chi connectivity index (χ2n) is 9.63. The number of carbonyl (C=O) groups is 3. The van der Waals surface area contributed by atoms with E-state index in [0.717, 1.165) is 32.0 Å². The molecule has 5 N–H and O–H groups in total. The number of benzene rings is 1. The van der Waals surface area contributed by atoms with Crippen molar-refractivity contribution < 1.29 is 23.2 Å². The Morgan fingerprint density at radius 1 is 1.05 bits per heavy atom. The summed E-state index contributed by atoms with van der Waals surface area (Å²) in [6.07, 6.45) is 2.82. The third-order valence-corrected chi connectivity index (χ3v) is 7.37. The Morgan fingerprint density at radius 3 is 2.45 bits per heavy atom. The van der Waals surface area contributed by atoms with Crippen molar-refractivity contribution in [1.29, 1.82) is 0 Å². The molecule has 0 spiro atoms. The second kappa shape index (κ2) is 11.6. The van der Waals surface area contributed by atoms with Crippen LogP contribution in [0.1, 0.15) is 33.8 Å². The van der Waals surface area contributed by atoms with Crippen LogP contribution in [0.25, 0.3) is 11.3 Å². The molecular weight excluding hydrogens is 546 g/mol. The van der Waals surface area contributed by atoms with Crippen molar-refractivity contribution in [1.82, 2.24) is 30.1 Å². The fraction of sp³-hybridized carbons (Fsp3) is 0.346. The Labute approximate surface area is 233 Å². The summed E-state index contributed by atoms with van der Waals surface area (Å²) in [5.74, 6) is -3.42. The number of hydrogen-bond acceptors (Lipinski definition) is 7. The first-order chi connectivity index (χ1) is 19.2. The van der Waals surface area contributed by atoms with Crippen LogP contribution in [0.2, 0.25) is 5.02 Å². The first-order valence-corrected chi connectivity index (χ1v) is 13.2. The van der Waals surface area contributed by atoms with Gasteiger partial charge in [0.05, 0.1) is 28.0 Å². The molecule has 3 amide bonds. The van der Waals surface area contributed by atoms with Gasteiger partial charge in [0.2, 0.25) is 11.9 Å². The molecule has 1 aromatic carbocycles. The lowest BCUT2D eigenvalue weighted by Crippen LogP contribution is -2.52. The fourth-order valence-electron chi connectivity index (χ4n) is 4.83. The lowest BCUT2D eigenvalue weighted by Gasteiger charge is -2.37. The van der Waals surface area contributed by atoms with Gasteiger partial charge >= 0.3 is 0 Å². The van der Waals surface area contributed by atoms with Crippen LogP contribution in [-0.4, -0.2) is 81.7 Å². The summed E-state index contributed by atoms with van der Waals surface area (Å²) in [6.45, 7) is 3.42. The Balaban J connectivity index is 1.19. The van der Waals surface area contributed by atoms with E-state index in [-0.39, 0.29) is 45.4 Å². The molecule has 2 aliphatic heterocycles. The number of rotatable bonds is 5. The summed E-state index contributed by atoms with van der Waals surface area (Å²) in [4.78, 5) is 51.9. The minimum atomic E-state index is -1.02. The van der Waals surface area contributed by atoms with Crippen LogP contribution < -0.4 is 16.4 Å². The maximum Gasteiger partial charge on any atom is 0.291 e. The quantitative estimate of drug-likeness (QED) is 0.343. The van der Waals surface area contributed by atoms with Crippen molar-refractivity contribution in [3.63, 3.8) is 0 Å². The van der Waals surface area contributed by atoms with Crippen molar-refractivity contribution in [3.05, 3.63) is 58.6 Å². The minimum Gasteiger partial charge on any atom is -0.381 e. The van der Waals surface area contributed by atoms with Gasteiger partial charge in [0.25, 0.3) is 11.8 Å². The molecule has 3 aromatic rings. The summed E-state index contributed by atoms with van der Waals surface area (Å²) in [5.41, 5.74) is 5.63. The number of nitrogens with zero attached hydrogens (tertiary/aromatic N) is 4. The summed E-state index contributed by atoms with van der Waals surface area (Å²) in [5, 5.41) is 6.00. The van der Waals surface area contributed by atoms with E-state index in [4.69, 9.17) is 17.3 Å². The number of aromatic amines is 1. The molecule has 0 aliphatic carbocycles. The smallest absolute Gasteiger partial charge is 0.291 e. The Bertz CT molecular complexity index is 1450. The fourth-order valence-corrected chi connectivity index (χ4v) is 5.09. The van der Waals surface area contributed by atoms with Gasteiger partial charge in [-0.25, -0.2) is 9.37 Å². The molecule has 0 unspecified atom stereocenters. The zero-order chi connectivity index (χ0) is 28.4. The highest BCUT2D eigenvalue weighted by atomic mass is 35.5. The number of imidazole rings is 1. The van der Waals surface area contributed by atoms with Gasteiger partial charge in [0, 0.05) is 37.8 Å². The monoisotopic (exact) mass is 572 g/mol. The van der Waals surface area contributed by atoms with Crippen LogP contribution in [0.5, 0.6) is 0 Å². The highest BCUT2D eigenvalue weighted by molar-refractivity contribution is 6.34. The Morgan fingerprint density at radius 2 is 1.75 bits per heavy atom. The zero-order valence-corrected chi connectivity index (χ0v) is 22.1. The van der Waals surface area contributed by atoms with Gasteiger partial charge in [0.1, 0.15) is 0 Å². The van der Waals surface area contributed by atoms with Crippen LogP contribution in [0.3, 0.4) is 0 Å². The number of amides is 3. The summed E-state index contributed by atoms with van der Waals surface area (Å²) < 4.78 is 27.9. The van der Waals surface area contributed by atoms with Gasteiger partial charge in [-0.05, 0) is 50.2 Å². The molecule has 4 heterocycles. The number of halogens is 3. The molecular formula is C26H27ClF2N8O3. The molecule has 14 heteroatoms. The third kappa shape index (κ3) is 5.75. The number of pyridine rings is 1. The van der Waals surface area contributed by atoms with E-state index in [1.54, 1.807) is 4.90 Å². The first kappa shape index (κ1) is 27.5. The van der Waals surface area contributed by atoms with Crippen LogP contribution in [0.4, 0.5) is 20.3 Å². The van der Waals surface area contributed by atoms with Crippen LogP contribution >= 0.6 is 11.6 Å². The minimum absolute atomic E-state index is 0.0329. The van der Waals surface area contributed by atoms with Gasteiger partial charge in [-0.2, -0.15) is 9.37 Å². The predicted molar refractivity (Wildman–Crippen MR) is 144 cm³/mol. The standard InChI is InChI=1S/C26H27ClF2N8O3/c27-18-11-15(33-24(38)23-32-13-20(34-23)17-12-19(28)22(30)35-21(17)29)1-2-16(18)26(40)37-9-7-36(8-10-37)25(39)14-3-5-31-6-4-14/h1-2,11-14,31H,3-10H2,(H2,30,35)(H,32,34)(H,33,38). The van der Waals surface area contributed by atoms with Crippen molar-refractivity contribution >= 4 is 40.8 Å². The maximum atomic E-state index is 14.1. The van der Waals surface area contributed by atoms with E-state index < -0.39 is 23.5 Å². The molecule has 0 atom stereocenters. The number of piperazine rings is 1. The molecule has 11 nitrogen and oxygen atoms in total. The van der Waals surface area contributed by atoms with Gasteiger partial charge in [-0.1, -0.05) is 11.6 Å². The van der Waals surface area contributed by atoms with Crippen molar-refractivity contribution in [2.24, 2.45) is 5.92 Å². The SMILES string of the molecule is Nc1nc(F)c(-c2cnc(C(=O)Nc3ccc(C(=O)N4CCN(C(=O)C5CCNCC5)CC4)c(Cl)c3)[nH]2)cc1F. The average Bonchev–Trinajstić information content (AvgIpc) is 3.45. The molecule has 0 saturated carbocycles. The number of nitrogen functional groups attached to an aromatic ring is 1. The molecule has 2 aromatic heterocycles. The van der Waals surface area contributed by atoms with Crippen LogP contribution in [-0.2, 0) is 4.79 Å². The third-order valence-electron chi connectivity index (χ3n) is 7.06. The van der Waals surface area contributed by atoms with Crippen molar-refractivity contribution in [2.45, 2.75) is 12.8 Å². The van der Waals surface area contributed by atoms with E-state index in [1.807, 2.05) is 4.90 Å². The molecule has 210 valence electrons. The number of aromatic nitrogens is 3. The molecule has 2 fully saturated rings. The van der Waals surface area contributed by atoms with Crippen molar-refractivity contribution in [3.8, 4) is 11.3 Å². The van der Waals surface area contributed by atoms with E-state index in [2.05, 4.69) is 25.6 Å². The highest BCUT2D eigenvalue weighted by Gasteiger charge is 2.30. The number of anilines is 2.